The Labute approximate surface area is 186 Å². The molecule has 1 aliphatic rings. The van der Waals surface area contributed by atoms with Gasteiger partial charge in [0.15, 0.2) is 6.29 Å². The minimum absolute atomic E-state index is 0.0372. The molecule has 1 aromatic carbocycles. The van der Waals surface area contributed by atoms with Crippen LogP contribution in [0.1, 0.15) is 40.2 Å². The van der Waals surface area contributed by atoms with Gasteiger partial charge in [0.2, 0.25) is 0 Å². The number of nitrogens with zero attached hydrogens (tertiary/aromatic N) is 1. The van der Waals surface area contributed by atoms with E-state index in [4.69, 9.17) is 19.9 Å². The largest absolute Gasteiger partial charge is 0.444 e. The molecule has 1 saturated heterocycles. The van der Waals surface area contributed by atoms with Crippen LogP contribution in [0.2, 0.25) is 0 Å². The number of carbonyl (C=O) groups excluding carboxylic acids is 1. The molecular weight excluding hydrogens is 429 g/mol. The highest BCUT2D eigenvalue weighted by atomic mass is 19.1. The summed E-state index contributed by atoms with van der Waals surface area (Å²) in [4.78, 5) is 14.1. The van der Waals surface area contributed by atoms with Gasteiger partial charge in [-0.3, -0.25) is 4.90 Å². The van der Waals surface area contributed by atoms with Crippen molar-refractivity contribution < 1.29 is 37.3 Å². The minimum atomic E-state index is -1.60. The molecule has 32 heavy (non-hydrogen) atoms. The average molecular weight is 463 g/mol. The minimum Gasteiger partial charge on any atom is -0.444 e. The second-order valence-electron chi connectivity index (χ2n) is 9.63. The molecule has 2 rings (SSSR count). The zero-order chi connectivity index (χ0) is 24.3. The van der Waals surface area contributed by atoms with Crippen LogP contribution in [-0.2, 0) is 20.6 Å². The zero-order valence-corrected chi connectivity index (χ0v) is 19.1. The lowest BCUT2D eigenvalue weighted by Gasteiger charge is -2.43. The molecule has 1 heterocycles. The van der Waals surface area contributed by atoms with Crippen LogP contribution in [0.5, 0.6) is 0 Å². The molecule has 0 spiro atoms. The third-order valence-electron chi connectivity index (χ3n) is 4.67. The highest BCUT2D eigenvalue weighted by Crippen LogP contribution is 2.23. The van der Waals surface area contributed by atoms with E-state index in [0.29, 0.717) is 0 Å². The van der Waals surface area contributed by atoms with Gasteiger partial charge in [0.1, 0.15) is 22.9 Å². The molecule has 0 aromatic heterocycles. The van der Waals surface area contributed by atoms with E-state index in [-0.39, 0.29) is 31.7 Å². The van der Waals surface area contributed by atoms with Gasteiger partial charge in [-0.15, -0.1) is 0 Å². The molecule has 10 heteroatoms. The number of ether oxygens (including phenoxy) is 3. The van der Waals surface area contributed by atoms with Crippen LogP contribution >= 0.6 is 0 Å². The Bertz CT molecular complexity index is 762. The molecule has 1 fully saturated rings. The molecule has 0 radical (unpaired) electrons. The van der Waals surface area contributed by atoms with E-state index in [9.17, 15) is 23.1 Å². The Balaban J connectivity index is 2.15. The molecule has 7 nitrogen and oxygen atoms in total. The summed E-state index contributed by atoms with van der Waals surface area (Å²) in [5.74, 6) is -1.51. The molecule has 1 aromatic rings. The summed E-state index contributed by atoms with van der Waals surface area (Å²) >= 11 is 0. The third kappa shape index (κ3) is 8.23. The van der Waals surface area contributed by atoms with E-state index in [1.807, 2.05) is 0 Å². The second kappa shape index (κ2) is 10.4. The topological polar surface area (TPSA) is 94.2 Å². The van der Waals surface area contributed by atoms with Gasteiger partial charge in [0.25, 0.3) is 0 Å². The van der Waals surface area contributed by atoms with Gasteiger partial charge < -0.3 is 25.1 Å². The normalized spacial score (nSPS) is 21.9. The number of hydrogen-bond donors (Lipinski definition) is 2. The van der Waals surface area contributed by atoms with Gasteiger partial charge in [-0.05, 0) is 58.7 Å². The fraction of sp³-hybridized carbons (Fsp3) is 0.682. The number of aliphatic hydroxyl groups excluding tert-OH is 1. The standard InChI is InChI=1S/C22H33F3N2O5/c1-21(2,3)32-20(29)27-10-18(31-12-22(4,5)25)30-11-17(27)19(28)16(26)8-13-6-14(23)9-15(24)7-13/h6-7,9,16-19,28H,8,10-12,26H2,1-5H3. The second-order valence-corrected chi connectivity index (χ2v) is 9.63. The average Bonchev–Trinajstić information content (AvgIpc) is 2.62. The van der Waals surface area contributed by atoms with Gasteiger partial charge in [-0.2, -0.15) is 0 Å². The Hall–Kier alpha value is -1.88. The van der Waals surface area contributed by atoms with E-state index >= 15 is 0 Å². The predicted molar refractivity (Wildman–Crippen MR) is 112 cm³/mol. The number of rotatable bonds is 7. The van der Waals surface area contributed by atoms with Gasteiger partial charge in [-0.25, -0.2) is 18.0 Å². The monoisotopic (exact) mass is 462 g/mol. The van der Waals surface area contributed by atoms with Crippen LogP contribution < -0.4 is 5.73 Å². The van der Waals surface area contributed by atoms with Crippen molar-refractivity contribution in [3.8, 4) is 0 Å². The molecule has 0 bridgehead atoms. The fourth-order valence-electron chi connectivity index (χ4n) is 3.26. The molecule has 1 amide bonds. The van der Waals surface area contributed by atoms with Gasteiger partial charge >= 0.3 is 6.09 Å². The summed E-state index contributed by atoms with van der Waals surface area (Å²) in [6.07, 6.45) is -2.98. The number of morpholine rings is 1. The molecule has 0 saturated carbocycles. The summed E-state index contributed by atoms with van der Waals surface area (Å²) in [5.41, 5.74) is 3.97. The van der Waals surface area contributed by atoms with Crippen LogP contribution in [-0.4, -0.2) is 71.6 Å². The lowest BCUT2D eigenvalue weighted by Crippen LogP contribution is -2.62. The van der Waals surface area contributed by atoms with Crippen LogP contribution in [0.4, 0.5) is 18.0 Å². The predicted octanol–water partition coefficient (Wildman–Crippen LogP) is 2.92. The van der Waals surface area contributed by atoms with Crippen molar-refractivity contribution in [2.75, 3.05) is 19.8 Å². The van der Waals surface area contributed by atoms with Crippen molar-refractivity contribution in [3.05, 3.63) is 35.4 Å². The SMILES string of the molecule is CC(C)(F)COC1CN(C(=O)OC(C)(C)C)C(C(O)C(N)Cc2cc(F)cc(F)c2)CO1. The smallest absolute Gasteiger partial charge is 0.410 e. The molecule has 1 aliphatic heterocycles. The molecular formula is C22H33F3N2O5. The van der Waals surface area contributed by atoms with Crippen LogP contribution in [0.3, 0.4) is 0 Å². The van der Waals surface area contributed by atoms with Crippen LogP contribution in [0.15, 0.2) is 18.2 Å². The first kappa shape index (κ1) is 26.4. The first-order valence-corrected chi connectivity index (χ1v) is 10.4. The Morgan fingerprint density at radius 1 is 1.25 bits per heavy atom. The maximum absolute atomic E-state index is 13.8. The summed E-state index contributed by atoms with van der Waals surface area (Å²) < 4.78 is 57.2. The molecule has 4 atom stereocenters. The van der Waals surface area contributed by atoms with E-state index in [2.05, 4.69) is 0 Å². The van der Waals surface area contributed by atoms with Crippen LogP contribution in [0, 0.1) is 11.6 Å². The number of alkyl halides is 1. The maximum Gasteiger partial charge on any atom is 0.410 e. The highest BCUT2D eigenvalue weighted by molar-refractivity contribution is 5.69. The van der Waals surface area contributed by atoms with Crippen molar-refractivity contribution in [1.82, 2.24) is 4.90 Å². The number of halogens is 3. The third-order valence-corrected chi connectivity index (χ3v) is 4.67. The molecule has 0 aliphatic carbocycles. The molecule has 3 N–H and O–H groups in total. The van der Waals surface area contributed by atoms with Gasteiger partial charge in [-0.1, -0.05) is 0 Å². The van der Waals surface area contributed by atoms with Crippen molar-refractivity contribution >= 4 is 6.09 Å². The quantitative estimate of drug-likeness (QED) is 0.647. The van der Waals surface area contributed by atoms with E-state index in [1.165, 1.54) is 18.7 Å². The maximum atomic E-state index is 13.8. The number of carbonyl (C=O) groups is 1. The van der Waals surface area contributed by atoms with E-state index in [0.717, 1.165) is 18.2 Å². The number of benzene rings is 1. The summed E-state index contributed by atoms with van der Waals surface area (Å²) in [7, 11) is 0. The molecule has 182 valence electrons. The van der Waals surface area contributed by atoms with Gasteiger partial charge in [0, 0.05) is 12.1 Å². The lowest BCUT2D eigenvalue weighted by atomic mass is 9.96. The number of nitrogens with two attached hydrogens (primary N) is 1. The Kier molecular flexibility index (Phi) is 8.55. The zero-order valence-electron chi connectivity index (χ0n) is 19.1. The van der Waals surface area contributed by atoms with Crippen LogP contribution in [0.25, 0.3) is 0 Å². The number of amides is 1. The van der Waals surface area contributed by atoms with Crippen molar-refractivity contribution in [3.63, 3.8) is 0 Å². The summed E-state index contributed by atoms with van der Waals surface area (Å²) in [6.45, 7) is 7.27. The first-order valence-electron chi connectivity index (χ1n) is 10.4. The van der Waals surface area contributed by atoms with Crippen molar-refractivity contribution in [2.24, 2.45) is 5.73 Å². The van der Waals surface area contributed by atoms with E-state index < -0.39 is 53.5 Å². The summed E-state index contributed by atoms with van der Waals surface area (Å²) in [5, 5.41) is 10.9. The Morgan fingerprint density at radius 2 is 1.84 bits per heavy atom. The summed E-state index contributed by atoms with van der Waals surface area (Å²) in [6, 6.07) is 1.12. The lowest BCUT2D eigenvalue weighted by molar-refractivity contribution is -0.212. The number of hydrogen-bond acceptors (Lipinski definition) is 6. The van der Waals surface area contributed by atoms with Crippen molar-refractivity contribution in [1.29, 1.82) is 0 Å². The van der Waals surface area contributed by atoms with E-state index in [1.54, 1.807) is 20.8 Å². The highest BCUT2D eigenvalue weighted by Gasteiger charge is 2.41. The number of aliphatic hydroxyl groups is 1. The molecule has 4 unspecified atom stereocenters. The Morgan fingerprint density at radius 3 is 2.38 bits per heavy atom. The first-order chi connectivity index (χ1) is 14.6. The fourth-order valence-corrected chi connectivity index (χ4v) is 3.26. The van der Waals surface area contributed by atoms with Crippen molar-refractivity contribution in [2.45, 2.75) is 76.8 Å². The van der Waals surface area contributed by atoms with Gasteiger partial charge in [0.05, 0.1) is 31.9 Å².